The smallest absolute Gasteiger partial charge is 0.279 e. The van der Waals surface area contributed by atoms with Crippen LogP contribution in [0.1, 0.15) is 52.4 Å². The van der Waals surface area contributed by atoms with Gasteiger partial charge in [0.05, 0.1) is 6.54 Å². The van der Waals surface area contributed by atoms with Crippen LogP contribution in [0.4, 0.5) is 0 Å². The van der Waals surface area contributed by atoms with Crippen LogP contribution in [0.25, 0.3) is 0 Å². The first-order valence-electron chi connectivity index (χ1n) is 8.41. The van der Waals surface area contributed by atoms with Crippen molar-refractivity contribution in [1.29, 1.82) is 0 Å². The van der Waals surface area contributed by atoms with Crippen LogP contribution in [0.3, 0.4) is 0 Å². The van der Waals surface area contributed by atoms with Crippen LogP contribution in [0, 0.1) is 11.8 Å². The average molecular weight is 331 g/mol. The molecule has 7 heteroatoms. The molecule has 0 aromatic rings. The van der Waals surface area contributed by atoms with Crippen LogP contribution >= 0.6 is 0 Å². The minimum Gasteiger partial charge on any atom is -0.352 e. The lowest BCUT2D eigenvalue weighted by molar-refractivity contribution is -0.120. The van der Waals surface area contributed by atoms with Gasteiger partial charge < -0.3 is 5.32 Å². The highest BCUT2D eigenvalue weighted by atomic mass is 32.2. The second-order valence-electron chi connectivity index (χ2n) is 6.99. The van der Waals surface area contributed by atoms with Crippen LogP contribution in [0.5, 0.6) is 0 Å². The van der Waals surface area contributed by atoms with Gasteiger partial charge in [0, 0.05) is 19.1 Å². The first-order valence-corrected chi connectivity index (χ1v) is 9.85. The third kappa shape index (κ3) is 5.21. The minimum absolute atomic E-state index is 0.169. The van der Waals surface area contributed by atoms with Crippen LogP contribution < -0.4 is 10.0 Å². The van der Waals surface area contributed by atoms with Gasteiger partial charge >= 0.3 is 0 Å². The normalized spacial score (nSPS) is 28.5. The predicted octanol–water partition coefficient (Wildman–Crippen LogP) is 1.25. The maximum atomic E-state index is 12.3. The van der Waals surface area contributed by atoms with Crippen molar-refractivity contribution in [3.63, 3.8) is 0 Å². The van der Waals surface area contributed by atoms with Gasteiger partial charge in [-0.2, -0.15) is 17.4 Å². The summed E-state index contributed by atoms with van der Waals surface area (Å²) in [4.78, 5) is 11.9. The van der Waals surface area contributed by atoms with E-state index in [-0.39, 0.29) is 18.5 Å². The van der Waals surface area contributed by atoms with E-state index in [9.17, 15) is 13.2 Å². The zero-order valence-electron chi connectivity index (χ0n) is 13.7. The Bertz CT molecular complexity index is 464. The largest absolute Gasteiger partial charge is 0.352 e. The Morgan fingerprint density at radius 3 is 2.27 bits per heavy atom. The Morgan fingerprint density at radius 2 is 1.68 bits per heavy atom. The van der Waals surface area contributed by atoms with E-state index in [1.807, 2.05) is 0 Å². The molecular weight excluding hydrogens is 302 g/mol. The molecule has 2 fully saturated rings. The fourth-order valence-electron chi connectivity index (χ4n) is 3.58. The Kier molecular flexibility index (Phi) is 6.23. The van der Waals surface area contributed by atoms with Gasteiger partial charge in [0.1, 0.15) is 0 Å². The van der Waals surface area contributed by atoms with Crippen molar-refractivity contribution in [2.24, 2.45) is 11.8 Å². The maximum Gasteiger partial charge on any atom is 0.279 e. The molecule has 2 aliphatic rings. The van der Waals surface area contributed by atoms with E-state index in [1.165, 1.54) is 10.7 Å². The van der Waals surface area contributed by atoms with E-state index in [0.717, 1.165) is 32.1 Å². The SMILES string of the molecule is CC1CC(C)CN(S(=O)(=O)NCC(=O)NC2CCCCC2)C1. The quantitative estimate of drug-likeness (QED) is 0.796. The van der Waals surface area contributed by atoms with Gasteiger partial charge in [-0.1, -0.05) is 33.1 Å². The highest BCUT2D eigenvalue weighted by Gasteiger charge is 2.30. The highest BCUT2D eigenvalue weighted by molar-refractivity contribution is 7.87. The van der Waals surface area contributed by atoms with Crippen molar-refractivity contribution in [2.45, 2.75) is 58.4 Å². The molecule has 1 amide bonds. The van der Waals surface area contributed by atoms with E-state index >= 15 is 0 Å². The topological polar surface area (TPSA) is 78.5 Å². The second kappa shape index (κ2) is 7.75. The third-order valence-corrected chi connectivity index (χ3v) is 6.05. The third-order valence-electron chi connectivity index (χ3n) is 4.56. The highest BCUT2D eigenvalue weighted by Crippen LogP contribution is 2.22. The van der Waals surface area contributed by atoms with Gasteiger partial charge in [-0.05, 0) is 31.1 Å². The summed E-state index contributed by atoms with van der Waals surface area (Å²) in [6.07, 6.45) is 6.55. The lowest BCUT2D eigenvalue weighted by Crippen LogP contribution is -2.50. The lowest BCUT2D eigenvalue weighted by atomic mass is 9.94. The maximum absolute atomic E-state index is 12.3. The van der Waals surface area contributed by atoms with E-state index in [2.05, 4.69) is 23.9 Å². The summed E-state index contributed by atoms with van der Waals surface area (Å²) < 4.78 is 28.5. The van der Waals surface area contributed by atoms with Gasteiger partial charge in [-0.3, -0.25) is 4.79 Å². The number of rotatable bonds is 5. The molecule has 1 aliphatic carbocycles. The number of amides is 1. The van der Waals surface area contributed by atoms with Crippen LogP contribution in [-0.2, 0) is 15.0 Å². The molecule has 2 unspecified atom stereocenters. The first kappa shape index (κ1) is 17.7. The Balaban J connectivity index is 1.80. The zero-order valence-corrected chi connectivity index (χ0v) is 14.5. The van der Waals surface area contributed by atoms with Gasteiger partial charge in [0.25, 0.3) is 10.2 Å². The summed E-state index contributed by atoms with van der Waals surface area (Å²) in [7, 11) is -3.56. The van der Waals surface area contributed by atoms with Crippen LogP contribution in [0.15, 0.2) is 0 Å². The fourth-order valence-corrected chi connectivity index (χ4v) is 4.97. The fraction of sp³-hybridized carbons (Fsp3) is 0.933. The molecular formula is C15H29N3O3S. The molecule has 22 heavy (non-hydrogen) atoms. The number of nitrogens with zero attached hydrogens (tertiary/aromatic N) is 1. The number of hydrogen-bond acceptors (Lipinski definition) is 3. The molecule has 0 bridgehead atoms. The molecule has 6 nitrogen and oxygen atoms in total. The number of carbonyl (C=O) groups is 1. The molecule has 1 saturated carbocycles. The Morgan fingerprint density at radius 1 is 1.09 bits per heavy atom. The summed E-state index contributed by atoms with van der Waals surface area (Å²) in [5.74, 6) is 0.487. The monoisotopic (exact) mass is 331 g/mol. The molecule has 128 valence electrons. The molecule has 1 aliphatic heterocycles. The molecule has 1 saturated heterocycles. The summed E-state index contributed by atoms with van der Waals surface area (Å²) >= 11 is 0. The molecule has 0 radical (unpaired) electrons. The van der Waals surface area contributed by atoms with Gasteiger partial charge in [-0.25, -0.2) is 0 Å². The summed E-state index contributed by atoms with van der Waals surface area (Å²) in [6, 6.07) is 0.209. The van der Waals surface area contributed by atoms with E-state index in [0.29, 0.717) is 24.9 Å². The van der Waals surface area contributed by atoms with Crippen molar-refractivity contribution in [2.75, 3.05) is 19.6 Å². The van der Waals surface area contributed by atoms with Gasteiger partial charge in [0.15, 0.2) is 0 Å². The number of hydrogen-bond donors (Lipinski definition) is 2. The average Bonchev–Trinajstić information content (AvgIpc) is 2.45. The van der Waals surface area contributed by atoms with Crippen molar-refractivity contribution in [3.8, 4) is 0 Å². The Labute approximate surface area is 134 Å². The van der Waals surface area contributed by atoms with E-state index in [4.69, 9.17) is 0 Å². The zero-order chi connectivity index (χ0) is 16.2. The summed E-state index contributed by atoms with van der Waals surface area (Å²) in [6.45, 7) is 5.02. The lowest BCUT2D eigenvalue weighted by Gasteiger charge is -2.33. The second-order valence-corrected chi connectivity index (χ2v) is 8.75. The molecule has 2 rings (SSSR count). The molecule has 2 atom stereocenters. The predicted molar refractivity (Wildman–Crippen MR) is 86.5 cm³/mol. The standard InChI is InChI=1S/C15H29N3O3S/c1-12-8-13(2)11-18(10-12)22(20,21)16-9-15(19)17-14-6-4-3-5-7-14/h12-14,16H,3-11H2,1-2H3,(H,17,19). The van der Waals surface area contributed by atoms with E-state index < -0.39 is 10.2 Å². The number of nitrogens with one attached hydrogen (secondary N) is 2. The summed E-state index contributed by atoms with van der Waals surface area (Å²) in [5.41, 5.74) is 0. The number of carbonyl (C=O) groups excluding carboxylic acids is 1. The van der Waals surface area contributed by atoms with Crippen molar-refractivity contribution in [3.05, 3.63) is 0 Å². The Hall–Kier alpha value is -0.660. The summed E-state index contributed by atoms with van der Waals surface area (Å²) in [5, 5.41) is 2.93. The van der Waals surface area contributed by atoms with Crippen LogP contribution in [-0.4, -0.2) is 44.3 Å². The minimum atomic E-state index is -3.56. The molecule has 0 spiro atoms. The van der Waals surface area contributed by atoms with E-state index in [1.54, 1.807) is 0 Å². The number of piperidine rings is 1. The molecule has 0 aromatic heterocycles. The first-order chi connectivity index (χ1) is 10.4. The van der Waals surface area contributed by atoms with Gasteiger partial charge in [-0.15, -0.1) is 0 Å². The molecule has 2 N–H and O–H groups in total. The molecule has 0 aromatic carbocycles. The molecule has 1 heterocycles. The van der Waals surface area contributed by atoms with Crippen molar-refractivity contribution < 1.29 is 13.2 Å². The van der Waals surface area contributed by atoms with Crippen molar-refractivity contribution >= 4 is 16.1 Å². The van der Waals surface area contributed by atoms with Crippen LogP contribution in [0.2, 0.25) is 0 Å². The van der Waals surface area contributed by atoms with Crippen molar-refractivity contribution in [1.82, 2.24) is 14.3 Å². The van der Waals surface area contributed by atoms with Gasteiger partial charge in [0.2, 0.25) is 5.91 Å².